The molecule has 2 aliphatic heterocycles. The third-order valence-corrected chi connectivity index (χ3v) is 7.26. The lowest BCUT2D eigenvalue weighted by Crippen LogP contribution is -2.42. The summed E-state index contributed by atoms with van der Waals surface area (Å²) in [6.45, 7) is 6.70. The zero-order valence-electron chi connectivity index (χ0n) is 20.3. The van der Waals surface area contributed by atoms with Crippen molar-refractivity contribution < 1.29 is 14.4 Å². The maximum Gasteiger partial charge on any atom is 0.261 e. The molecular weight excluding hydrogens is 464 g/mol. The van der Waals surface area contributed by atoms with Crippen LogP contribution in [0.2, 0.25) is 0 Å². The van der Waals surface area contributed by atoms with E-state index in [4.69, 9.17) is 11.1 Å². The first-order valence-corrected chi connectivity index (χ1v) is 12.9. The number of amides is 3. The number of benzene rings is 1. The molecule has 1 aromatic carbocycles. The fourth-order valence-corrected chi connectivity index (χ4v) is 5.16. The molecule has 0 radical (unpaired) electrons. The van der Waals surface area contributed by atoms with Crippen molar-refractivity contribution in [3.8, 4) is 0 Å². The van der Waals surface area contributed by atoms with Crippen molar-refractivity contribution in [3.63, 3.8) is 0 Å². The normalized spacial score (nSPS) is 15.3. The van der Waals surface area contributed by atoms with Crippen LogP contribution in [0.4, 0.5) is 5.69 Å². The van der Waals surface area contributed by atoms with Crippen LogP contribution in [0.25, 0.3) is 0 Å². The number of fused-ring (bicyclic) bond motifs is 1. The largest absolute Gasteiger partial charge is 0.398 e. The average molecular weight is 499 g/mol. The van der Waals surface area contributed by atoms with Gasteiger partial charge >= 0.3 is 0 Å². The number of carbonyl (C=O) groups excluding carboxylic acids is 3. The molecule has 3 amide bonds. The third kappa shape index (κ3) is 6.67. The lowest BCUT2D eigenvalue weighted by molar-refractivity contribution is -0.131. The van der Waals surface area contributed by atoms with Gasteiger partial charge in [0.15, 0.2) is 0 Å². The van der Waals surface area contributed by atoms with E-state index in [0.717, 1.165) is 42.6 Å². The van der Waals surface area contributed by atoms with Crippen LogP contribution in [0.1, 0.15) is 62.7 Å². The van der Waals surface area contributed by atoms with Crippen LogP contribution in [-0.4, -0.2) is 61.1 Å². The van der Waals surface area contributed by atoms with E-state index in [-0.39, 0.29) is 24.4 Å². The number of hydrogen-bond acceptors (Lipinski definition) is 7. The number of nitrogen functional groups attached to an aromatic ring is 1. The Kier molecular flexibility index (Phi) is 9.39. The number of nitrogens with one attached hydrogen (secondary N) is 4. The molecule has 2 aliphatic rings. The lowest BCUT2D eigenvalue weighted by atomic mass is 10.1. The highest BCUT2D eigenvalue weighted by Crippen LogP contribution is 2.28. The Morgan fingerprint density at radius 2 is 1.94 bits per heavy atom. The number of thiophene rings is 1. The molecule has 0 spiro atoms. The van der Waals surface area contributed by atoms with E-state index in [1.54, 1.807) is 17.0 Å². The van der Waals surface area contributed by atoms with Gasteiger partial charge < -0.3 is 32.0 Å². The number of hydrogen-bond donors (Lipinski definition) is 5. The molecule has 35 heavy (non-hydrogen) atoms. The van der Waals surface area contributed by atoms with Crippen LogP contribution in [-0.2, 0) is 17.8 Å². The number of carbonyl (C=O) groups is 3. The van der Waals surface area contributed by atoms with Gasteiger partial charge in [-0.25, -0.2) is 0 Å². The predicted octanol–water partition coefficient (Wildman–Crippen LogP) is 2.15. The molecule has 3 heterocycles. The molecule has 9 nitrogen and oxygen atoms in total. The zero-order chi connectivity index (χ0) is 25.4. The summed E-state index contributed by atoms with van der Waals surface area (Å²) in [6.07, 6.45) is 3.65. The van der Waals surface area contributed by atoms with Crippen molar-refractivity contribution in [1.82, 2.24) is 20.9 Å². The molecule has 1 aromatic heterocycles. The van der Waals surface area contributed by atoms with Crippen LogP contribution in [0.3, 0.4) is 0 Å². The van der Waals surface area contributed by atoms with Gasteiger partial charge in [0.05, 0.1) is 11.4 Å². The molecule has 188 valence electrons. The van der Waals surface area contributed by atoms with Crippen LogP contribution in [0.5, 0.6) is 0 Å². The van der Waals surface area contributed by atoms with Crippen molar-refractivity contribution in [2.75, 3.05) is 31.9 Å². The quantitative estimate of drug-likeness (QED) is 0.307. The molecule has 4 rings (SSSR count). The zero-order valence-corrected chi connectivity index (χ0v) is 21.1. The van der Waals surface area contributed by atoms with Crippen LogP contribution < -0.4 is 21.7 Å². The summed E-state index contributed by atoms with van der Waals surface area (Å²) in [5.41, 5.74) is 7.97. The second-order valence-electron chi connectivity index (χ2n) is 8.29. The number of rotatable bonds is 6. The van der Waals surface area contributed by atoms with E-state index in [1.165, 1.54) is 17.4 Å². The Morgan fingerprint density at radius 1 is 1.20 bits per heavy atom. The van der Waals surface area contributed by atoms with Gasteiger partial charge in [0, 0.05) is 47.0 Å². The average Bonchev–Trinajstić information content (AvgIpc) is 3.33. The number of anilines is 1. The summed E-state index contributed by atoms with van der Waals surface area (Å²) in [5.74, 6) is -0.612. The minimum absolute atomic E-state index is 0.0424. The second-order valence-corrected chi connectivity index (χ2v) is 9.43. The highest BCUT2D eigenvalue weighted by molar-refractivity contribution is 7.14. The molecule has 1 saturated heterocycles. The monoisotopic (exact) mass is 498 g/mol. The van der Waals surface area contributed by atoms with Crippen molar-refractivity contribution in [2.45, 2.75) is 45.7 Å². The number of nitrogens with zero attached hydrogens (tertiary/aromatic N) is 1. The van der Waals surface area contributed by atoms with E-state index in [0.29, 0.717) is 41.2 Å². The topological polar surface area (TPSA) is 140 Å². The van der Waals surface area contributed by atoms with Crippen molar-refractivity contribution in [1.29, 1.82) is 5.41 Å². The number of piperidine rings is 1. The van der Waals surface area contributed by atoms with Crippen molar-refractivity contribution in [3.05, 3.63) is 50.7 Å². The standard InChI is InChI=1S/C23H28N6O3S.C2H6/c24-11-15-9-14(1-2-18(15)25)22(31)27-12-21(30)29-8-5-19-16(13-29)10-20(33-19)23(32)28-17-3-6-26-7-4-17;1-2/h1-2,9-11,17,24,26H,3-8,12-13,25H2,(H,27,31)(H,28,32);1-2H3. The summed E-state index contributed by atoms with van der Waals surface area (Å²) in [7, 11) is 0. The fourth-order valence-electron chi connectivity index (χ4n) is 4.09. The van der Waals surface area contributed by atoms with Gasteiger partial charge in [0.2, 0.25) is 5.91 Å². The van der Waals surface area contributed by atoms with E-state index >= 15 is 0 Å². The number of nitrogens with two attached hydrogens (primary N) is 1. The second kappa shape index (κ2) is 12.5. The third-order valence-electron chi connectivity index (χ3n) is 6.02. The summed E-state index contributed by atoms with van der Waals surface area (Å²) in [4.78, 5) is 41.3. The molecule has 6 N–H and O–H groups in total. The molecule has 0 bridgehead atoms. The van der Waals surface area contributed by atoms with Gasteiger partial charge in [0.25, 0.3) is 11.8 Å². The highest BCUT2D eigenvalue weighted by Gasteiger charge is 2.25. The summed E-state index contributed by atoms with van der Waals surface area (Å²) >= 11 is 1.50. The van der Waals surface area contributed by atoms with Crippen LogP contribution >= 0.6 is 11.3 Å². The Hall–Kier alpha value is -3.24. The molecule has 0 atom stereocenters. The van der Waals surface area contributed by atoms with E-state index in [1.807, 2.05) is 19.9 Å². The maximum absolute atomic E-state index is 12.7. The Labute approximate surface area is 210 Å². The predicted molar refractivity (Wildman–Crippen MR) is 139 cm³/mol. The summed E-state index contributed by atoms with van der Waals surface area (Å²) in [5, 5.41) is 16.4. The first-order chi connectivity index (χ1) is 16.9. The Bertz CT molecular complexity index is 1080. The van der Waals surface area contributed by atoms with Crippen LogP contribution in [0.15, 0.2) is 24.3 Å². The molecule has 2 aromatic rings. The first kappa shape index (κ1) is 26.4. The van der Waals surface area contributed by atoms with Gasteiger partial charge in [-0.05, 0) is 62.2 Å². The minimum Gasteiger partial charge on any atom is -0.398 e. The van der Waals surface area contributed by atoms with Crippen LogP contribution in [0, 0.1) is 5.41 Å². The molecular formula is C25H34N6O3S. The highest BCUT2D eigenvalue weighted by atomic mass is 32.1. The molecule has 0 aliphatic carbocycles. The minimum atomic E-state index is -0.392. The lowest BCUT2D eigenvalue weighted by Gasteiger charge is -2.27. The van der Waals surface area contributed by atoms with Crippen molar-refractivity contribution in [2.24, 2.45) is 0 Å². The molecule has 0 saturated carbocycles. The first-order valence-electron chi connectivity index (χ1n) is 12.0. The van der Waals surface area contributed by atoms with E-state index < -0.39 is 5.91 Å². The summed E-state index contributed by atoms with van der Waals surface area (Å²) < 4.78 is 0. The Morgan fingerprint density at radius 3 is 2.66 bits per heavy atom. The molecule has 10 heteroatoms. The van der Waals surface area contributed by atoms with E-state index in [9.17, 15) is 14.4 Å². The molecule has 0 unspecified atom stereocenters. The SMILES string of the molecule is CC.N=Cc1cc(C(=O)NCC(=O)N2CCc3sc(C(=O)NC4CCNCC4)cc3C2)ccc1N. The van der Waals surface area contributed by atoms with Gasteiger partial charge in [-0.3, -0.25) is 14.4 Å². The fraction of sp³-hybridized carbons (Fsp3) is 0.440. The van der Waals surface area contributed by atoms with Gasteiger partial charge in [-0.15, -0.1) is 11.3 Å². The Balaban J connectivity index is 0.00000167. The summed E-state index contributed by atoms with van der Waals surface area (Å²) in [6, 6.07) is 6.75. The van der Waals surface area contributed by atoms with Gasteiger partial charge in [-0.1, -0.05) is 13.8 Å². The smallest absolute Gasteiger partial charge is 0.261 e. The van der Waals surface area contributed by atoms with E-state index in [2.05, 4.69) is 16.0 Å². The van der Waals surface area contributed by atoms with Crippen molar-refractivity contribution >= 4 is 41.0 Å². The molecule has 1 fully saturated rings. The maximum atomic E-state index is 12.7. The van der Waals surface area contributed by atoms with Gasteiger partial charge in [-0.2, -0.15) is 0 Å². The van der Waals surface area contributed by atoms with Gasteiger partial charge in [0.1, 0.15) is 0 Å².